The van der Waals surface area contributed by atoms with Crippen molar-refractivity contribution in [1.29, 1.82) is 0 Å². The van der Waals surface area contributed by atoms with Gasteiger partial charge in [-0.1, -0.05) is 72.8 Å². The molecule has 0 spiro atoms. The Labute approximate surface area is 164 Å². The summed E-state index contributed by atoms with van der Waals surface area (Å²) >= 11 is 0. The normalized spacial score (nSPS) is 11.8. The van der Waals surface area contributed by atoms with Gasteiger partial charge in [-0.15, -0.1) is 0 Å². The molecule has 2 N–H and O–H groups in total. The minimum atomic E-state index is -1.86. The van der Waals surface area contributed by atoms with E-state index in [0.29, 0.717) is 22.6 Å². The first kappa shape index (κ1) is 19.3. The number of carbonyl (C=O) groups excluding carboxylic acids is 1. The lowest BCUT2D eigenvalue weighted by molar-refractivity contribution is -0.136. The fourth-order valence-electron chi connectivity index (χ4n) is 2.92. The molecule has 0 aliphatic carbocycles. The van der Waals surface area contributed by atoms with Gasteiger partial charge in [-0.05, 0) is 30.2 Å². The van der Waals surface area contributed by atoms with Crippen LogP contribution in [-0.2, 0) is 10.4 Å². The third kappa shape index (κ3) is 3.94. The summed E-state index contributed by atoms with van der Waals surface area (Å²) in [6, 6.07) is 25.0. The zero-order valence-corrected chi connectivity index (χ0v) is 15.8. The van der Waals surface area contributed by atoms with Crippen LogP contribution in [0.2, 0.25) is 0 Å². The first-order chi connectivity index (χ1) is 13.6. The van der Waals surface area contributed by atoms with Crippen molar-refractivity contribution in [3.63, 3.8) is 0 Å². The molecule has 0 saturated carbocycles. The maximum Gasteiger partial charge on any atom is 0.281 e. The fourth-order valence-corrected chi connectivity index (χ4v) is 2.92. The SMILES string of the molecule is COc1cccc(C(C)=NNC(=O)C(O)(c2ccccc2)c2ccccc2)c1. The second kappa shape index (κ2) is 8.50. The van der Waals surface area contributed by atoms with E-state index in [1.807, 2.05) is 36.4 Å². The predicted molar refractivity (Wildman–Crippen MR) is 109 cm³/mol. The smallest absolute Gasteiger partial charge is 0.281 e. The molecule has 1 amide bonds. The van der Waals surface area contributed by atoms with E-state index in [0.717, 1.165) is 5.56 Å². The Hall–Kier alpha value is -3.44. The van der Waals surface area contributed by atoms with Crippen molar-refractivity contribution in [3.8, 4) is 5.75 Å². The van der Waals surface area contributed by atoms with Crippen LogP contribution in [0.15, 0.2) is 90.0 Å². The predicted octanol–water partition coefficient (Wildman–Crippen LogP) is 3.47. The molecule has 5 nitrogen and oxygen atoms in total. The molecule has 0 saturated heterocycles. The van der Waals surface area contributed by atoms with Crippen LogP contribution in [-0.4, -0.2) is 23.8 Å². The van der Waals surface area contributed by atoms with Crippen molar-refractivity contribution in [2.24, 2.45) is 5.10 Å². The third-order valence-electron chi connectivity index (χ3n) is 4.52. The average molecular weight is 374 g/mol. The largest absolute Gasteiger partial charge is 0.497 e. The number of aliphatic hydroxyl groups is 1. The fraction of sp³-hybridized carbons (Fsp3) is 0.130. The Balaban J connectivity index is 1.92. The van der Waals surface area contributed by atoms with E-state index in [4.69, 9.17) is 4.74 Å². The lowest BCUT2D eigenvalue weighted by atomic mass is 9.85. The molecule has 3 rings (SSSR count). The van der Waals surface area contributed by atoms with Gasteiger partial charge < -0.3 is 9.84 Å². The number of amides is 1. The van der Waals surface area contributed by atoms with Gasteiger partial charge in [0.1, 0.15) is 5.75 Å². The number of nitrogens with one attached hydrogen (secondary N) is 1. The number of benzene rings is 3. The number of methoxy groups -OCH3 is 1. The van der Waals surface area contributed by atoms with E-state index in [1.165, 1.54) is 0 Å². The molecule has 0 fully saturated rings. The highest BCUT2D eigenvalue weighted by Crippen LogP contribution is 2.29. The Bertz CT molecular complexity index is 930. The molecule has 0 atom stereocenters. The molecular weight excluding hydrogens is 352 g/mol. The molecular formula is C23H22N2O3. The standard InChI is InChI=1S/C23H22N2O3/c1-17(18-10-9-15-21(16-18)28-2)24-25-22(26)23(27,19-11-5-3-6-12-19)20-13-7-4-8-14-20/h3-16,27H,1-2H3,(H,25,26). The summed E-state index contributed by atoms with van der Waals surface area (Å²) in [6.45, 7) is 1.78. The quantitative estimate of drug-likeness (QED) is 0.513. The van der Waals surface area contributed by atoms with Gasteiger partial charge in [0.15, 0.2) is 5.60 Å². The molecule has 5 heteroatoms. The van der Waals surface area contributed by atoms with Crippen LogP contribution in [0.4, 0.5) is 0 Å². The molecule has 0 heterocycles. The maximum absolute atomic E-state index is 13.0. The van der Waals surface area contributed by atoms with Crippen LogP contribution >= 0.6 is 0 Å². The van der Waals surface area contributed by atoms with Gasteiger partial charge in [0, 0.05) is 5.56 Å². The Morgan fingerprint density at radius 3 is 2.04 bits per heavy atom. The highest BCUT2D eigenvalue weighted by molar-refractivity contribution is 6.00. The zero-order valence-electron chi connectivity index (χ0n) is 15.8. The molecule has 0 aliphatic rings. The van der Waals surface area contributed by atoms with E-state index in [1.54, 1.807) is 62.6 Å². The molecule has 0 bridgehead atoms. The molecule has 0 radical (unpaired) electrons. The van der Waals surface area contributed by atoms with Gasteiger partial charge in [0.05, 0.1) is 12.8 Å². The molecule has 0 aromatic heterocycles. The summed E-state index contributed by atoms with van der Waals surface area (Å²) in [7, 11) is 1.59. The highest BCUT2D eigenvalue weighted by atomic mass is 16.5. The number of hydrogen-bond acceptors (Lipinski definition) is 4. The number of nitrogens with zero attached hydrogens (tertiary/aromatic N) is 1. The van der Waals surface area contributed by atoms with Crippen LogP contribution in [0.5, 0.6) is 5.75 Å². The highest BCUT2D eigenvalue weighted by Gasteiger charge is 2.39. The Morgan fingerprint density at radius 1 is 0.929 bits per heavy atom. The minimum Gasteiger partial charge on any atom is -0.497 e. The Kier molecular flexibility index (Phi) is 5.87. The van der Waals surface area contributed by atoms with Crippen molar-refractivity contribution in [3.05, 3.63) is 102 Å². The van der Waals surface area contributed by atoms with Crippen LogP contribution in [0.1, 0.15) is 23.6 Å². The van der Waals surface area contributed by atoms with Crippen molar-refractivity contribution in [2.75, 3.05) is 7.11 Å². The van der Waals surface area contributed by atoms with Crippen molar-refractivity contribution < 1.29 is 14.6 Å². The molecule has 3 aromatic carbocycles. The van der Waals surface area contributed by atoms with Crippen LogP contribution in [0, 0.1) is 0 Å². The van der Waals surface area contributed by atoms with E-state index in [2.05, 4.69) is 10.5 Å². The first-order valence-corrected chi connectivity index (χ1v) is 8.88. The van der Waals surface area contributed by atoms with Gasteiger partial charge in [0.2, 0.25) is 0 Å². The zero-order chi connectivity index (χ0) is 20.0. The summed E-state index contributed by atoms with van der Waals surface area (Å²) in [5.41, 5.74) is 2.99. The monoisotopic (exact) mass is 374 g/mol. The lowest BCUT2D eigenvalue weighted by Crippen LogP contribution is -2.43. The molecule has 0 aliphatic heterocycles. The number of rotatable bonds is 6. The second-order valence-corrected chi connectivity index (χ2v) is 6.31. The average Bonchev–Trinajstić information content (AvgIpc) is 2.77. The molecule has 3 aromatic rings. The summed E-state index contributed by atoms with van der Waals surface area (Å²) < 4.78 is 5.22. The van der Waals surface area contributed by atoms with Crippen molar-refractivity contribution in [2.45, 2.75) is 12.5 Å². The molecule has 0 unspecified atom stereocenters. The summed E-state index contributed by atoms with van der Waals surface area (Å²) in [5, 5.41) is 15.6. The molecule has 28 heavy (non-hydrogen) atoms. The van der Waals surface area contributed by atoms with Gasteiger partial charge in [-0.25, -0.2) is 5.43 Å². The van der Waals surface area contributed by atoms with Crippen LogP contribution in [0.3, 0.4) is 0 Å². The first-order valence-electron chi connectivity index (χ1n) is 8.88. The number of carbonyl (C=O) groups is 1. The summed E-state index contributed by atoms with van der Waals surface area (Å²) in [4.78, 5) is 13.0. The third-order valence-corrected chi connectivity index (χ3v) is 4.52. The van der Waals surface area contributed by atoms with E-state index < -0.39 is 11.5 Å². The van der Waals surface area contributed by atoms with Crippen LogP contribution in [0.25, 0.3) is 0 Å². The number of hydrazone groups is 1. The lowest BCUT2D eigenvalue weighted by Gasteiger charge is -2.27. The van der Waals surface area contributed by atoms with Crippen molar-refractivity contribution in [1.82, 2.24) is 5.43 Å². The number of hydrogen-bond donors (Lipinski definition) is 2. The van der Waals surface area contributed by atoms with Gasteiger partial charge in [-0.3, -0.25) is 4.79 Å². The number of ether oxygens (including phenoxy) is 1. The maximum atomic E-state index is 13.0. The van der Waals surface area contributed by atoms with Crippen molar-refractivity contribution >= 4 is 11.6 Å². The van der Waals surface area contributed by atoms with Gasteiger partial charge in [0.25, 0.3) is 5.91 Å². The summed E-state index contributed by atoms with van der Waals surface area (Å²) in [6.07, 6.45) is 0. The topological polar surface area (TPSA) is 70.9 Å². The summed E-state index contributed by atoms with van der Waals surface area (Å²) in [5.74, 6) is 0.0654. The van der Waals surface area contributed by atoms with Gasteiger partial charge in [-0.2, -0.15) is 5.10 Å². The molecule has 142 valence electrons. The van der Waals surface area contributed by atoms with E-state index in [9.17, 15) is 9.90 Å². The van der Waals surface area contributed by atoms with Crippen LogP contribution < -0.4 is 10.2 Å². The second-order valence-electron chi connectivity index (χ2n) is 6.31. The van der Waals surface area contributed by atoms with E-state index >= 15 is 0 Å². The van der Waals surface area contributed by atoms with Gasteiger partial charge >= 0.3 is 0 Å². The minimum absolute atomic E-state index is 0.466. The Morgan fingerprint density at radius 2 is 1.50 bits per heavy atom. The van der Waals surface area contributed by atoms with E-state index in [-0.39, 0.29) is 0 Å².